The van der Waals surface area contributed by atoms with Gasteiger partial charge in [0.05, 0.1) is 10.2 Å². The summed E-state index contributed by atoms with van der Waals surface area (Å²) in [5.41, 5.74) is 1.55. The molecular weight excluding hydrogens is 255 g/mol. The number of halogens is 2. The van der Waals surface area contributed by atoms with Crippen molar-refractivity contribution in [3.05, 3.63) is 21.3 Å². The first-order chi connectivity index (χ1) is 6.09. The molecule has 68 valence electrons. The molecule has 0 saturated heterocycles. The van der Waals surface area contributed by atoms with Gasteiger partial charge in [-0.1, -0.05) is 0 Å². The van der Waals surface area contributed by atoms with Gasteiger partial charge in [-0.15, -0.1) is 0 Å². The highest BCUT2D eigenvalue weighted by atomic mass is 79.9. The molecule has 0 atom stereocenters. The number of nitrogens with zero attached hydrogens (tertiary/aromatic N) is 4. The highest BCUT2D eigenvalue weighted by molar-refractivity contribution is 9.10. The molecule has 6 heteroatoms. The van der Waals surface area contributed by atoms with Gasteiger partial charge in [-0.25, -0.2) is 9.97 Å². The number of aromatic nitrogens is 4. The normalized spacial score (nSPS) is 11.1. The minimum atomic E-state index is 0.330. The predicted molar refractivity (Wildman–Crippen MR) is 53.0 cm³/mol. The van der Waals surface area contributed by atoms with Crippen LogP contribution >= 0.6 is 27.5 Å². The van der Waals surface area contributed by atoms with Crippen LogP contribution in [-0.2, 0) is 0 Å². The average molecular weight is 262 g/mol. The van der Waals surface area contributed by atoms with Gasteiger partial charge in [-0.05, 0) is 41.4 Å². The molecule has 0 radical (unpaired) electrons. The highest BCUT2D eigenvalue weighted by Crippen LogP contribution is 2.21. The minimum Gasteiger partial charge on any atom is -0.213 e. The Morgan fingerprint density at radius 1 is 1.31 bits per heavy atom. The summed E-state index contributed by atoms with van der Waals surface area (Å²) in [6.45, 7) is 3.67. The van der Waals surface area contributed by atoms with Crippen LogP contribution < -0.4 is 0 Å². The zero-order chi connectivity index (χ0) is 9.59. The maximum absolute atomic E-state index is 5.88. The van der Waals surface area contributed by atoms with Crippen LogP contribution in [0.4, 0.5) is 0 Å². The second kappa shape index (κ2) is 2.92. The molecule has 0 saturated carbocycles. The van der Waals surface area contributed by atoms with E-state index < -0.39 is 0 Å². The molecule has 2 heterocycles. The van der Waals surface area contributed by atoms with Crippen LogP contribution in [0.2, 0.25) is 5.28 Å². The predicted octanol–water partition coefficient (Wildman–Crippen LogP) is 2.16. The van der Waals surface area contributed by atoms with Crippen molar-refractivity contribution in [2.45, 2.75) is 13.8 Å². The lowest BCUT2D eigenvalue weighted by Gasteiger charge is -1.96. The molecule has 0 spiro atoms. The molecule has 0 aliphatic rings. The summed E-state index contributed by atoms with van der Waals surface area (Å²) in [5.74, 6) is 0.637. The Labute approximate surface area is 88.1 Å². The maximum atomic E-state index is 5.88. The van der Waals surface area contributed by atoms with Gasteiger partial charge in [0.1, 0.15) is 5.82 Å². The number of fused-ring (bicyclic) bond motifs is 1. The summed E-state index contributed by atoms with van der Waals surface area (Å²) in [7, 11) is 0. The van der Waals surface area contributed by atoms with Crippen LogP contribution in [0.25, 0.3) is 5.65 Å². The SMILES string of the molecule is Cc1nc(Cl)n2nc(C)c(Br)c2n1. The summed E-state index contributed by atoms with van der Waals surface area (Å²) in [6, 6.07) is 0. The van der Waals surface area contributed by atoms with Crippen LogP contribution in [0.1, 0.15) is 11.5 Å². The summed E-state index contributed by atoms with van der Waals surface area (Å²) >= 11 is 9.26. The summed E-state index contributed by atoms with van der Waals surface area (Å²) < 4.78 is 2.37. The molecule has 0 fully saturated rings. The van der Waals surface area contributed by atoms with Crippen molar-refractivity contribution < 1.29 is 0 Å². The standard InChI is InChI=1S/C7H6BrClN4/c1-3-5(8)6-10-4(2)11-7(9)13(6)12-3/h1-2H3. The molecule has 0 aliphatic heterocycles. The molecule has 0 bridgehead atoms. The number of rotatable bonds is 0. The molecule has 2 aromatic rings. The van der Waals surface area contributed by atoms with Gasteiger partial charge in [-0.2, -0.15) is 9.61 Å². The molecule has 2 aromatic heterocycles. The van der Waals surface area contributed by atoms with E-state index in [0.29, 0.717) is 16.8 Å². The Morgan fingerprint density at radius 2 is 2.00 bits per heavy atom. The fraction of sp³-hybridized carbons (Fsp3) is 0.286. The average Bonchev–Trinajstić information content (AvgIpc) is 2.32. The summed E-state index contributed by atoms with van der Waals surface area (Å²) in [4.78, 5) is 8.21. The monoisotopic (exact) mass is 260 g/mol. The second-order valence-electron chi connectivity index (χ2n) is 2.67. The largest absolute Gasteiger partial charge is 0.227 e. The Bertz CT molecular complexity index is 479. The van der Waals surface area contributed by atoms with Crippen molar-refractivity contribution in [1.29, 1.82) is 0 Å². The van der Waals surface area contributed by atoms with Crippen molar-refractivity contribution in [2.24, 2.45) is 0 Å². The Balaban J connectivity index is 2.94. The van der Waals surface area contributed by atoms with Gasteiger partial charge in [0.15, 0.2) is 5.65 Å². The molecule has 0 aliphatic carbocycles. The Morgan fingerprint density at radius 3 is 2.69 bits per heavy atom. The van der Waals surface area contributed by atoms with Crippen molar-refractivity contribution in [3.63, 3.8) is 0 Å². The van der Waals surface area contributed by atoms with E-state index in [1.54, 1.807) is 6.92 Å². The van der Waals surface area contributed by atoms with Crippen LogP contribution in [0.15, 0.2) is 4.47 Å². The van der Waals surface area contributed by atoms with Crippen LogP contribution in [0.5, 0.6) is 0 Å². The van der Waals surface area contributed by atoms with Gasteiger partial charge < -0.3 is 0 Å². The van der Waals surface area contributed by atoms with Gasteiger partial charge >= 0.3 is 0 Å². The molecular formula is C7H6BrClN4. The Hall–Kier alpha value is -0.680. The molecule has 13 heavy (non-hydrogen) atoms. The molecule has 2 rings (SSSR count). The second-order valence-corrected chi connectivity index (χ2v) is 3.81. The molecule has 4 nitrogen and oxygen atoms in total. The fourth-order valence-corrected chi connectivity index (χ4v) is 1.66. The lowest BCUT2D eigenvalue weighted by molar-refractivity contribution is 0.858. The van der Waals surface area contributed by atoms with Gasteiger partial charge in [0, 0.05) is 0 Å². The maximum Gasteiger partial charge on any atom is 0.227 e. The molecule has 0 amide bonds. The zero-order valence-corrected chi connectivity index (χ0v) is 9.39. The van der Waals surface area contributed by atoms with Gasteiger partial charge in [0.2, 0.25) is 5.28 Å². The van der Waals surface area contributed by atoms with Crippen molar-refractivity contribution in [3.8, 4) is 0 Å². The fourth-order valence-electron chi connectivity index (χ4n) is 1.08. The van der Waals surface area contributed by atoms with Crippen molar-refractivity contribution >= 4 is 33.2 Å². The topological polar surface area (TPSA) is 43.1 Å². The van der Waals surface area contributed by atoms with Gasteiger partial charge in [0.25, 0.3) is 0 Å². The number of hydrogen-bond donors (Lipinski definition) is 0. The third kappa shape index (κ3) is 1.32. The quantitative estimate of drug-likeness (QED) is 0.730. The van der Waals surface area contributed by atoms with E-state index in [1.807, 2.05) is 6.92 Å². The number of aryl methyl sites for hydroxylation is 2. The summed E-state index contributed by atoms with van der Waals surface area (Å²) in [6.07, 6.45) is 0. The van der Waals surface area contributed by atoms with Crippen LogP contribution in [0, 0.1) is 13.8 Å². The van der Waals surface area contributed by atoms with Gasteiger partial charge in [-0.3, -0.25) is 0 Å². The van der Waals surface area contributed by atoms with Crippen LogP contribution in [0.3, 0.4) is 0 Å². The minimum absolute atomic E-state index is 0.330. The first-order valence-electron chi connectivity index (χ1n) is 3.64. The van der Waals surface area contributed by atoms with E-state index in [1.165, 1.54) is 4.52 Å². The lowest BCUT2D eigenvalue weighted by Crippen LogP contribution is -1.98. The zero-order valence-electron chi connectivity index (χ0n) is 7.04. The number of hydrogen-bond acceptors (Lipinski definition) is 3. The third-order valence-corrected chi connectivity index (χ3v) is 2.83. The first-order valence-corrected chi connectivity index (χ1v) is 4.81. The highest BCUT2D eigenvalue weighted by Gasteiger charge is 2.11. The third-order valence-electron chi connectivity index (χ3n) is 1.66. The van der Waals surface area contributed by atoms with E-state index in [9.17, 15) is 0 Å². The van der Waals surface area contributed by atoms with Crippen LogP contribution in [-0.4, -0.2) is 19.6 Å². The van der Waals surface area contributed by atoms with E-state index in [-0.39, 0.29) is 0 Å². The first kappa shape index (κ1) is 8.90. The summed E-state index contributed by atoms with van der Waals surface area (Å²) in [5, 5.41) is 4.50. The molecule has 0 aromatic carbocycles. The van der Waals surface area contributed by atoms with E-state index in [4.69, 9.17) is 11.6 Å². The van der Waals surface area contributed by atoms with Crippen molar-refractivity contribution in [1.82, 2.24) is 19.6 Å². The Kier molecular flexibility index (Phi) is 2.00. The molecule has 0 N–H and O–H groups in total. The smallest absolute Gasteiger partial charge is 0.213 e. The lowest BCUT2D eigenvalue weighted by atomic mass is 10.5. The van der Waals surface area contributed by atoms with E-state index >= 15 is 0 Å². The van der Waals surface area contributed by atoms with Crippen molar-refractivity contribution in [2.75, 3.05) is 0 Å². The van der Waals surface area contributed by atoms with E-state index in [0.717, 1.165) is 10.2 Å². The molecule has 0 unspecified atom stereocenters. The van der Waals surface area contributed by atoms with E-state index in [2.05, 4.69) is 31.0 Å².